The SMILES string of the molecule is CCOc1cc(/C=C/C(=O)N2CCN(Cc3ccc(F)cc3)C[C@H]2C)c(N)cc1Cl. The van der Waals surface area contributed by atoms with E-state index in [1.54, 1.807) is 36.4 Å². The number of amides is 1. The van der Waals surface area contributed by atoms with Gasteiger partial charge in [0.25, 0.3) is 0 Å². The van der Waals surface area contributed by atoms with E-state index in [1.165, 1.54) is 12.1 Å². The molecule has 5 nitrogen and oxygen atoms in total. The molecule has 1 aliphatic heterocycles. The fourth-order valence-corrected chi connectivity index (χ4v) is 3.83. The maximum absolute atomic E-state index is 13.1. The number of piperazine rings is 1. The number of carbonyl (C=O) groups excluding carboxylic acids is 1. The highest BCUT2D eigenvalue weighted by Crippen LogP contribution is 2.30. The molecule has 2 aromatic carbocycles. The molecule has 0 spiro atoms. The van der Waals surface area contributed by atoms with Crippen molar-refractivity contribution in [3.63, 3.8) is 0 Å². The minimum Gasteiger partial charge on any atom is -0.492 e. The molecule has 0 unspecified atom stereocenters. The predicted molar refractivity (Wildman–Crippen MR) is 119 cm³/mol. The largest absolute Gasteiger partial charge is 0.492 e. The molecule has 0 aromatic heterocycles. The third-order valence-electron chi connectivity index (χ3n) is 5.16. The Labute approximate surface area is 181 Å². The number of benzene rings is 2. The van der Waals surface area contributed by atoms with Crippen molar-refractivity contribution in [1.82, 2.24) is 9.80 Å². The number of rotatable bonds is 6. The van der Waals surface area contributed by atoms with Crippen molar-refractivity contribution in [2.24, 2.45) is 0 Å². The topological polar surface area (TPSA) is 58.8 Å². The second-order valence-corrected chi connectivity index (χ2v) is 7.83. The highest BCUT2D eigenvalue weighted by Gasteiger charge is 2.26. The number of nitrogens with two attached hydrogens (primary N) is 1. The average molecular weight is 432 g/mol. The molecular formula is C23H27ClFN3O2. The molecule has 0 aliphatic carbocycles. The average Bonchev–Trinajstić information content (AvgIpc) is 2.71. The van der Waals surface area contributed by atoms with E-state index in [9.17, 15) is 9.18 Å². The van der Waals surface area contributed by atoms with Gasteiger partial charge in [0.15, 0.2) is 0 Å². The van der Waals surface area contributed by atoms with Gasteiger partial charge in [-0.05, 0) is 49.8 Å². The summed E-state index contributed by atoms with van der Waals surface area (Å²) in [5.41, 5.74) is 8.28. The fraction of sp³-hybridized carbons (Fsp3) is 0.348. The van der Waals surface area contributed by atoms with Crippen LogP contribution in [0.5, 0.6) is 5.75 Å². The van der Waals surface area contributed by atoms with Crippen molar-refractivity contribution in [1.29, 1.82) is 0 Å². The van der Waals surface area contributed by atoms with Crippen LogP contribution in [-0.2, 0) is 11.3 Å². The third kappa shape index (κ3) is 5.52. The van der Waals surface area contributed by atoms with Gasteiger partial charge in [0.1, 0.15) is 11.6 Å². The van der Waals surface area contributed by atoms with Crippen molar-refractivity contribution < 1.29 is 13.9 Å². The first kappa shape index (κ1) is 22.1. The Bertz CT molecular complexity index is 917. The first-order valence-electron chi connectivity index (χ1n) is 10.0. The molecule has 0 bridgehead atoms. The lowest BCUT2D eigenvalue weighted by Gasteiger charge is -2.39. The Morgan fingerprint density at radius 3 is 2.70 bits per heavy atom. The van der Waals surface area contributed by atoms with Crippen LogP contribution in [0.3, 0.4) is 0 Å². The number of ether oxygens (including phenoxy) is 1. The zero-order chi connectivity index (χ0) is 21.7. The predicted octanol–water partition coefficient (Wildman–Crippen LogP) is 4.21. The summed E-state index contributed by atoms with van der Waals surface area (Å²) in [7, 11) is 0. The first-order valence-corrected chi connectivity index (χ1v) is 10.4. The van der Waals surface area contributed by atoms with Gasteiger partial charge in [-0.1, -0.05) is 23.7 Å². The molecule has 30 heavy (non-hydrogen) atoms. The smallest absolute Gasteiger partial charge is 0.246 e. The first-order chi connectivity index (χ1) is 14.4. The normalized spacial score (nSPS) is 17.5. The van der Waals surface area contributed by atoms with E-state index in [0.29, 0.717) is 35.2 Å². The van der Waals surface area contributed by atoms with E-state index >= 15 is 0 Å². The molecule has 1 saturated heterocycles. The van der Waals surface area contributed by atoms with Crippen LogP contribution >= 0.6 is 11.6 Å². The van der Waals surface area contributed by atoms with Crippen molar-refractivity contribution in [2.75, 3.05) is 32.0 Å². The Kier molecular flexibility index (Phi) is 7.34. The van der Waals surface area contributed by atoms with Gasteiger partial charge in [0.05, 0.1) is 11.6 Å². The molecule has 0 radical (unpaired) electrons. The van der Waals surface area contributed by atoms with Crippen molar-refractivity contribution in [3.8, 4) is 5.75 Å². The number of nitrogen functional groups attached to an aromatic ring is 1. The Morgan fingerprint density at radius 1 is 1.30 bits per heavy atom. The van der Waals surface area contributed by atoms with Gasteiger partial charge in [0.2, 0.25) is 5.91 Å². The lowest BCUT2D eigenvalue weighted by molar-refractivity contribution is -0.130. The molecule has 2 aromatic rings. The van der Waals surface area contributed by atoms with Crippen LogP contribution in [0, 0.1) is 5.82 Å². The monoisotopic (exact) mass is 431 g/mol. The molecule has 1 atom stereocenters. The molecular weight excluding hydrogens is 405 g/mol. The van der Waals surface area contributed by atoms with Crippen molar-refractivity contribution in [2.45, 2.75) is 26.4 Å². The van der Waals surface area contributed by atoms with Gasteiger partial charge in [-0.2, -0.15) is 0 Å². The summed E-state index contributed by atoms with van der Waals surface area (Å²) in [6.45, 7) is 7.30. The van der Waals surface area contributed by atoms with Crippen LogP contribution in [0.2, 0.25) is 5.02 Å². The lowest BCUT2D eigenvalue weighted by atomic mass is 10.1. The van der Waals surface area contributed by atoms with Crippen molar-refractivity contribution in [3.05, 3.63) is 64.4 Å². The molecule has 2 N–H and O–H groups in total. The Balaban J connectivity index is 1.61. The molecule has 1 heterocycles. The van der Waals surface area contributed by atoms with Crippen LogP contribution in [0.15, 0.2) is 42.5 Å². The highest BCUT2D eigenvalue weighted by atomic mass is 35.5. The van der Waals surface area contributed by atoms with E-state index in [-0.39, 0.29) is 17.8 Å². The summed E-state index contributed by atoms with van der Waals surface area (Å²) in [6.07, 6.45) is 3.25. The van der Waals surface area contributed by atoms with E-state index in [4.69, 9.17) is 22.1 Å². The quantitative estimate of drug-likeness (QED) is 0.550. The van der Waals surface area contributed by atoms with E-state index in [0.717, 1.165) is 25.2 Å². The molecule has 7 heteroatoms. The number of anilines is 1. The summed E-state index contributed by atoms with van der Waals surface area (Å²) in [6, 6.07) is 9.99. The zero-order valence-corrected chi connectivity index (χ0v) is 18.0. The molecule has 160 valence electrons. The minimum atomic E-state index is -0.232. The standard InChI is InChI=1S/C23H27ClFN3O2/c1-3-30-22-12-18(21(26)13-20(22)24)6-9-23(29)28-11-10-27(14-16(28)2)15-17-4-7-19(25)8-5-17/h4-9,12-13,16H,3,10-11,14-15,26H2,1-2H3/b9-6+/t16-/m1/s1. The number of carbonyl (C=O) groups is 1. The third-order valence-corrected chi connectivity index (χ3v) is 5.45. The molecule has 3 rings (SSSR count). The molecule has 1 amide bonds. The minimum absolute atomic E-state index is 0.0590. The molecule has 0 saturated carbocycles. The van der Waals surface area contributed by atoms with Crippen LogP contribution in [0.25, 0.3) is 6.08 Å². The van der Waals surface area contributed by atoms with E-state index < -0.39 is 0 Å². The summed E-state index contributed by atoms with van der Waals surface area (Å²) in [5, 5.41) is 0.448. The highest BCUT2D eigenvalue weighted by molar-refractivity contribution is 6.32. The lowest BCUT2D eigenvalue weighted by Crippen LogP contribution is -2.53. The number of hydrogen-bond donors (Lipinski definition) is 1. The van der Waals surface area contributed by atoms with E-state index in [1.807, 2.05) is 18.7 Å². The maximum atomic E-state index is 13.1. The van der Waals surface area contributed by atoms with Gasteiger partial charge in [-0.15, -0.1) is 0 Å². The second-order valence-electron chi connectivity index (χ2n) is 7.42. The van der Waals surface area contributed by atoms with Crippen LogP contribution in [0.4, 0.5) is 10.1 Å². The van der Waals surface area contributed by atoms with Crippen molar-refractivity contribution >= 4 is 29.3 Å². The van der Waals surface area contributed by atoms with Gasteiger partial charge >= 0.3 is 0 Å². The molecule has 1 aliphatic rings. The second kappa shape index (κ2) is 9.96. The van der Waals surface area contributed by atoms with Gasteiger partial charge in [0, 0.05) is 49.5 Å². The number of hydrogen-bond acceptors (Lipinski definition) is 4. The zero-order valence-electron chi connectivity index (χ0n) is 17.3. The van der Waals surface area contributed by atoms with Gasteiger partial charge in [-0.25, -0.2) is 4.39 Å². The van der Waals surface area contributed by atoms with Gasteiger partial charge in [-0.3, -0.25) is 9.69 Å². The number of nitrogens with zero attached hydrogens (tertiary/aromatic N) is 2. The van der Waals surface area contributed by atoms with E-state index in [2.05, 4.69) is 4.90 Å². The summed E-state index contributed by atoms with van der Waals surface area (Å²) >= 11 is 6.14. The number of halogens is 2. The van der Waals surface area contributed by atoms with Crippen LogP contribution < -0.4 is 10.5 Å². The van der Waals surface area contributed by atoms with Gasteiger partial charge < -0.3 is 15.4 Å². The summed E-state index contributed by atoms with van der Waals surface area (Å²) in [5.74, 6) is 0.253. The maximum Gasteiger partial charge on any atom is 0.246 e. The Morgan fingerprint density at radius 2 is 2.03 bits per heavy atom. The fourth-order valence-electron chi connectivity index (χ4n) is 3.60. The summed E-state index contributed by atoms with van der Waals surface area (Å²) in [4.78, 5) is 16.9. The van der Waals surface area contributed by atoms with Crippen LogP contribution in [0.1, 0.15) is 25.0 Å². The summed E-state index contributed by atoms with van der Waals surface area (Å²) < 4.78 is 18.6. The molecule has 1 fully saturated rings. The van der Waals surface area contributed by atoms with Crippen LogP contribution in [-0.4, -0.2) is 48.0 Å². The Hall–Kier alpha value is -2.57.